The van der Waals surface area contributed by atoms with Crippen LogP contribution in [-0.4, -0.2) is 21.9 Å². The number of hydrogen-bond donors (Lipinski definition) is 0. The number of nitroso groups, excluding NO2 is 1. The number of nitrogens with zero attached hydrogens (tertiary/aromatic N) is 3. The molecule has 0 bridgehead atoms. The van der Waals surface area contributed by atoms with E-state index in [2.05, 4.69) is 10.3 Å². The van der Waals surface area contributed by atoms with E-state index < -0.39 is 11.2 Å². The maximum atomic E-state index is 11.0. The van der Waals surface area contributed by atoms with Crippen LogP contribution in [0, 0.1) is 4.91 Å². The summed E-state index contributed by atoms with van der Waals surface area (Å²) >= 11 is 0. The first kappa shape index (κ1) is 11.8. The highest BCUT2D eigenvalue weighted by Gasteiger charge is 2.48. The van der Waals surface area contributed by atoms with E-state index >= 15 is 0 Å². The number of rotatable bonds is 2. The lowest BCUT2D eigenvalue weighted by Crippen LogP contribution is -2.48. The molecule has 0 N–H and O–H groups in total. The van der Waals surface area contributed by atoms with Crippen molar-refractivity contribution in [2.45, 2.75) is 38.9 Å². The van der Waals surface area contributed by atoms with Gasteiger partial charge in [0.15, 0.2) is 0 Å². The molecular formula is C13H17N3O. The van der Waals surface area contributed by atoms with Crippen LogP contribution in [0.5, 0.6) is 0 Å². The molecule has 4 nitrogen and oxygen atoms in total. The first-order valence-electron chi connectivity index (χ1n) is 5.69. The first-order chi connectivity index (χ1) is 7.89. The van der Waals surface area contributed by atoms with Gasteiger partial charge in [0.05, 0.1) is 11.0 Å². The smallest absolute Gasteiger partial charge is 0.146 e. The molecule has 1 aliphatic heterocycles. The Morgan fingerprint density at radius 1 is 1.12 bits per heavy atom. The predicted molar refractivity (Wildman–Crippen MR) is 68.8 cm³/mol. The summed E-state index contributed by atoms with van der Waals surface area (Å²) in [6.45, 7) is 7.72. The molecule has 1 aromatic rings. The van der Waals surface area contributed by atoms with Gasteiger partial charge >= 0.3 is 0 Å². The van der Waals surface area contributed by atoms with Gasteiger partial charge in [-0.3, -0.25) is 4.99 Å². The third-order valence-corrected chi connectivity index (χ3v) is 3.14. The van der Waals surface area contributed by atoms with E-state index in [4.69, 9.17) is 0 Å². The van der Waals surface area contributed by atoms with Crippen molar-refractivity contribution in [2.75, 3.05) is 0 Å². The topological polar surface area (TPSA) is 45.0 Å². The van der Waals surface area contributed by atoms with Crippen LogP contribution in [0.1, 0.15) is 33.3 Å². The molecule has 1 aliphatic rings. The van der Waals surface area contributed by atoms with E-state index in [1.54, 1.807) is 0 Å². The molecule has 0 aromatic heterocycles. The van der Waals surface area contributed by atoms with Gasteiger partial charge in [-0.25, -0.2) is 5.01 Å². The van der Waals surface area contributed by atoms with Crippen molar-refractivity contribution in [3.63, 3.8) is 0 Å². The van der Waals surface area contributed by atoms with Crippen LogP contribution in [0.4, 0.5) is 0 Å². The molecule has 0 amide bonds. The van der Waals surface area contributed by atoms with Crippen LogP contribution in [0.2, 0.25) is 0 Å². The molecule has 1 heterocycles. The molecule has 2 rings (SSSR count). The molecule has 90 valence electrons. The molecule has 0 atom stereocenters. The molecule has 0 saturated carbocycles. The fourth-order valence-electron chi connectivity index (χ4n) is 2.46. The summed E-state index contributed by atoms with van der Waals surface area (Å²) in [4.78, 5) is 15.7. The van der Waals surface area contributed by atoms with Gasteiger partial charge in [0, 0.05) is 0 Å². The second-order valence-electron chi connectivity index (χ2n) is 5.27. The van der Waals surface area contributed by atoms with E-state index in [0.717, 1.165) is 11.3 Å². The van der Waals surface area contributed by atoms with Gasteiger partial charge in [-0.1, -0.05) is 30.3 Å². The average Bonchev–Trinajstić information content (AvgIpc) is 2.45. The SMILES string of the molecule is CC1(C)N=C(c2ccccc2)C(C)(C)N1N=O. The average molecular weight is 231 g/mol. The van der Waals surface area contributed by atoms with Crippen LogP contribution in [0.15, 0.2) is 40.6 Å². The van der Waals surface area contributed by atoms with Crippen molar-refractivity contribution in [3.8, 4) is 0 Å². The highest BCUT2D eigenvalue weighted by molar-refractivity contribution is 6.08. The van der Waals surface area contributed by atoms with Crippen LogP contribution >= 0.6 is 0 Å². The fraction of sp³-hybridized carbons (Fsp3) is 0.462. The zero-order valence-corrected chi connectivity index (χ0v) is 10.6. The van der Waals surface area contributed by atoms with Gasteiger partial charge in [-0.2, -0.15) is 0 Å². The minimum absolute atomic E-state index is 0.480. The monoisotopic (exact) mass is 231 g/mol. The van der Waals surface area contributed by atoms with Crippen LogP contribution < -0.4 is 0 Å². The first-order valence-corrected chi connectivity index (χ1v) is 5.69. The van der Waals surface area contributed by atoms with Gasteiger partial charge in [-0.05, 0) is 33.3 Å². The van der Waals surface area contributed by atoms with E-state index in [1.807, 2.05) is 58.0 Å². The summed E-state index contributed by atoms with van der Waals surface area (Å²) in [5, 5.41) is 4.65. The summed E-state index contributed by atoms with van der Waals surface area (Å²) in [6, 6.07) is 9.92. The molecule has 1 aromatic carbocycles. The normalized spacial score (nSPS) is 21.2. The van der Waals surface area contributed by atoms with Crippen molar-refractivity contribution in [1.29, 1.82) is 0 Å². The highest BCUT2D eigenvalue weighted by Crippen LogP contribution is 2.37. The Morgan fingerprint density at radius 3 is 2.18 bits per heavy atom. The van der Waals surface area contributed by atoms with Crippen molar-refractivity contribution in [3.05, 3.63) is 40.8 Å². The zero-order chi connectivity index (χ0) is 12.7. The molecular weight excluding hydrogens is 214 g/mol. The minimum Gasteiger partial charge on any atom is -0.258 e. The molecule has 0 radical (unpaired) electrons. The van der Waals surface area contributed by atoms with Gasteiger partial charge < -0.3 is 0 Å². The van der Waals surface area contributed by atoms with Gasteiger partial charge in [0.25, 0.3) is 0 Å². The van der Waals surface area contributed by atoms with Crippen molar-refractivity contribution in [2.24, 2.45) is 10.3 Å². The molecule has 0 saturated heterocycles. The quantitative estimate of drug-likeness (QED) is 0.734. The molecule has 0 unspecified atom stereocenters. The van der Waals surface area contributed by atoms with Crippen LogP contribution in [0.3, 0.4) is 0 Å². The third kappa shape index (κ3) is 1.73. The lowest BCUT2D eigenvalue weighted by molar-refractivity contribution is 0.0864. The van der Waals surface area contributed by atoms with Crippen molar-refractivity contribution < 1.29 is 0 Å². The highest BCUT2D eigenvalue weighted by atomic mass is 16.3. The summed E-state index contributed by atoms with van der Waals surface area (Å²) in [6.07, 6.45) is 0. The fourth-order valence-corrected chi connectivity index (χ4v) is 2.46. The number of benzene rings is 1. The summed E-state index contributed by atoms with van der Waals surface area (Å²) < 4.78 is 0. The maximum absolute atomic E-state index is 11.0. The second-order valence-corrected chi connectivity index (χ2v) is 5.27. The predicted octanol–water partition coefficient (Wildman–Crippen LogP) is 2.99. The van der Waals surface area contributed by atoms with Crippen molar-refractivity contribution in [1.82, 2.24) is 5.01 Å². The summed E-state index contributed by atoms with van der Waals surface area (Å²) in [7, 11) is 0. The van der Waals surface area contributed by atoms with Crippen molar-refractivity contribution >= 4 is 5.71 Å². The maximum Gasteiger partial charge on any atom is 0.146 e. The Morgan fingerprint density at radius 2 is 1.71 bits per heavy atom. The van der Waals surface area contributed by atoms with E-state index in [9.17, 15) is 4.91 Å². The molecule has 0 aliphatic carbocycles. The van der Waals surface area contributed by atoms with E-state index in [0.29, 0.717) is 0 Å². The summed E-state index contributed by atoms with van der Waals surface area (Å²) in [5.41, 5.74) is 0.877. The molecule has 4 heteroatoms. The Hall–Kier alpha value is -1.71. The molecule has 0 spiro atoms. The molecule has 0 fully saturated rings. The number of aliphatic imine (C=N–C) groups is 1. The van der Waals surface area contributed by atoms with Gasteiger partial charge in [-0.15, -0.1) is 4.91 Å². The van der Waals surface area contributed by atoms with E-state index in [-0.39, 0.29) is 0 Å². The molecule has 17 heavy (non-hydrogen) atoms. The van der Waals surface area contributed by atoms with Crippen LogP contribution in [0.25, 0.3) is 0 Å². The number of hydrogen-bond acceptors (Lipinski definition) is 3. The van der Waals surface area contributed by atoms with Gasteiger partial charge in [0.1, 0.15) is 11.2 Å². The zero-order valence-electron chi connectivity index (χ0n) is 10.6. The Bertz CT molecular complexity index is 463. The summed E-state index contributed by atoms with van der Waals surface area (Å²) in [5.74, 6) is 0. The van der Waals surface area contributed by atoms with Crippen LogP contribution in [-0.2, 0) is 0 Å². The van der Waals surface area contributed by atoms with Gasteiger partial charge in [0.2, 0.25) is 0 Å². The van der Waals surface area contributed by atoms with E-state index in [1.165, 1.54) is 5.01 Å². The lowest BCUT2D eigenvalue weighted by atomic mass is 9.92. The minimum atomic E-state index is -0.587. The lowest BCUT2D eigenvalue weighted by Gasteiger charge is -2.34. The largest absolute Gasteiger partial charge is 0.258 e. The third-order valence-electron chi connectivity index (χ3n) is 3.14. The Labute approximate surface area is 101 Å². The second kappa shape index (κ2) is 3.65. The Balaban J connectivity index is 2.52. The Kier molecular flexibility index (Phi) is 2.53. The standard InChI is InChI=1S/C13H17N3O/c1-12(2)11(10-8-6-5-7-9-10)14-13(3,4)16(12)15-17/h5-9H,1-4H3.